The van der Waals surface area contributed by atoms with E-state index in [4.69, 9.17) is 9.47 Å². The maximum absolute atomic E-state index is 12.7. The normalized spacial score (nSPS) is 11.0. The molecule has 0 saturated heterocycles. The third-order valence-electron chi connectivity index (χ3n) is 5.68. The fourth-order valence-electron chi connectivity index (χ4n) is 3.90. The summed E-state index contributed by atoms with van der Waals surface area (Å²) in [5, 5.41) is 13.3. The maximum atomic E-state index is 12.7. The summed E-state index contributed by atoms with van der Waals surface area (Å²) in [5.74, 6) is 0.997. The van der Waals surface area contributed by atoms with Crippen LogP contribution in [0.15, 0.2) is 102 Å². The average Bonchev–Trinajstić information content (AvgIpc) is 3.42. The summed E-state index contributed by atoms with van der Waals surface area (Å²) in [6.07, 6.45) is 1.57. The van der Waals surface area contributed by atoms with Crippen molar-refractivity contribution in [3.63, 3.8) is 0 Å². The van der Waals surface area contributed by atoms with E-state index in [9.17, 15) is 4.79 Å². The Morgan fingerprint density at radius 2 is 1.81 bits per heavy atom. The zero-order valence-electron chi connectivity index (χ0n) is 19.6. The highest BCUT2D eigenvalue weighted by Gasteiger charge is 2.16. The Morgan fingerprint density at radius 3 is 2.67 bits per heavy atom. The molecule has 2 N–H and O–H groups in total. The summed E-state index contributed by atoms with van der Waals surface area (Å²) in [4.78, 5) is 12.7. The number of amides is 1. The molecule has 1 aromatic heterocycles. The van der Waals surface area contributed by atoms with Crippen molar-refractivity contribution in [3.8, 4) is 22.8 Å². The molecule has 5 aromatic rings. The van der Waals surface area contributed by atoms with Gasteiger partial charge in [-0.1, -0.05) is 72.8 Å². The number of aromatic nitrogens is 2. The Bertz CT molecular complexity index is 1530. The van der Waals surface area contributed by atoms with E-state index in [-0.39, 0.29) is 5.69 Å². The van der Waals surface area contributed by atoms with E-state index < -0.39 is 5.91 Å². The van der Waals surface area contributed by atoms with Gasteiger partial charge in [0.15, 0.2) is 0 Å². The minimum absolute atomic E-state index is 0.289. The SMILES string of the molecule is COc1ccc2ccccc2c1-c1cc(C(=O)N/N=C/c2cccc(OCc3ccccc3)c2)[nH]n1. The number of ether oxygens (including phenoxy) is 2. The molecule has 7 heteroatoms. The van der Waals surface area contributed by atoms with Gasteiger partial charge in [-0.2, -0.15) is 10.2 Å². The third-order valence-corrected chi connectivity index (χ3v) is 5.68. The number of carbonyl (C=O) groups is 1. The third kappa shape index (κ3) is 5.10. The Hall–Kier alpha value is -4.91. The highest BCUT2D eigenvalue weighted by atomic mass is 16.5. The number of aromatic amines is 1. The minimum Gasteiger partial charge on any atom is -0.496 e. The zero-order chi connectivity index (χ0) is 24.7. The number of hydrogen-bond donors (Lipinski definition) is 2. The van der Waals surface area contributed by atoms with Crippen molar-refractivity contribution in [2.24, 2.45) is 5.10 Å². The van der Waals surface area contributed by atoms with Gasteiger partial charge in [-0.3, -0.25) is 9.89 Å². The largest absolute Gasteiger partial charge is 0.496 e. The second-order valence-electron chi connectivity index (χ2n) is 8.08. The van der Waals surface area contributed by atoms with Crippen molar-refractivity contribution in [1.29, 1.82) is 0 Å². The zero-order valence-corrected chi connectivity index (χ0v) is 19.6. The number of benzene rings is 4. The molecule has 0 fully saturated rings. The van der Waals surface area contributed by atoms with Crippen LogP contribution in [0.4, 0.5) is 0 Å². The Morgan fingerprint density at radius 1 is 0.972 bits per heavy atom. The monoisotopic (exact) mass is 476 g/mol. The first kappa shape index (κ1) is 22.9. The van der Waals surface area contributed by atoms with Crippen molar-refractivity contribution in [2.45, 2.75) is 6.61 Å². The number of fused-ring (bicyclic) bond motifs is 1. The summed E-state index contributed by atoms with van der Waals surface area (Å²) in [7, 11) is 1.62. The van der Waals surface area contributed by atoms with E-state index in [1.54, 1.807) is 19.4 Å². The first-order valence-corrected chi connectivity index (χ1v) is 11.4. The van der Waals surface area contributed by atoms with Crippen molar-refractivity contribution in [3.05, 3.63) is 114 Å². The number of hydrogen-bond acceptors (Lipinski definition) is 5. The molecule has 0 aliphatic heterocycles. The highest BCUT2D eigenvalue weighted by Crippen LogP contribution is 2.36. The van der Waals surface area contributed by atoms with Crippen LogP contribution >= 0.6 is 0 Å². The number of H-pyrrole nitrogens is 1. The summed E-state index contributed by atoms with van der Waals surface area (Å²) in [6, 6.07) is 31.0. The molecule has 4 aromatic carbocycles. The molecule has 0 unspecified atom stereocenters. The van der Waals surface area contributed by atoms with Crippen LogP contribution in [0.25, 0.3) is 22.0 Å². The number of nitrogens with one attached hydrogen (secondary N) is 2. The molecule has 1 heterocycles. The molecular formula is C29H24N4O3. The molecule has 0 aliphatic rings. The molecule has 5 rings (SSSR count). The molecule has 7 nitrogen and oxygen atoms in total. The van der Waals surface area contributed by atoms with Crippen LogP contribution < -0.4 is 14.9 Å². The van der Waals surface area contributed by atoms with Gasteiger partial charge >= 0.3 is 0 Å². The first-order chi connectivity index (χ1) is 17.7. The van der Waals surface area contributed by atoms with Crippen LogP contribution in [-0.2, 0) is 6.61 Å². The number of methoxy groups -OCH3 is 1. The molecule has 0 saturated carbocycles. The second kappa shape index (κ2) is 10.6. The van der Waals surface area contributed by atoms with Gasteiger partial charge in [0.25, 0.3) is 5.91 Å². The fraction of sp³-hybridized carbons (Fsp3) is 0.0690. The van der Waals surface area contributed by atoms with E-state index in [1.165, 1.54) is 0 Å². The molecule has 0 bridgehead atoms. The van der Waals surface area contributed by atoms with Crippen LogP contribution in [0.2, 0.25) is 0 Å². The summed E-state index contributed by atoms with van der Waals surface area (Å²) in [5.41, 5.74) is 6.15. The molecular weight excluding hydrogens is 452 g/mol. The van der Waals surface area contributed by atoms with Crippen LogP contribution in [-0.4, -0.2) is 29.4 Å². The van der Waals surface area contributed by atoms with Gasteiger partial charge in [0, 0.05) is 0 Å². The number of carbonyl (C=O) groups excluding carboxylic acids is 1. The van der Waals surface area contributed by atoms with Crippen molar-refractivity contribution in [1.82, 2.24) is 15.6 Å². The van der Waals surface area contributed by atoms with Crippen LogP contribution in [0, 0.1) is 0 Å². The van der Waals surface area contributed by atoms with Crippen molar-refractivity contribution in [2.75, 3.05) is 7.11 Å². The lowest BCUT2D eigenvalue weighted by molar-refractivity contribution is 0.0950. The van der Waals surface area contributed by atoms with Gasteiger partial charge in [0.05, 0.1) is 24.6 Å². The summed E-state index contributed by atoms with van der Waals surface area (Å²) < 4.78 is 11.4. The molecule has 178 valence electrons. The van der Waals surface area contributed by atoms with Crippen LogP contribution in [0.5, 0.6) is 11.5 Å². The van der Waals surface area contributed by atoms with Crippen LogP contribution in [0.1, 0.15) is 21.6 Å². The molecule has 36 heavy (non-hydrogen) atoms. The first-order valence-electron chi connectivity index (χ1n) is 11.4. The molecule has 0 aliphatic carbocycles. The van der Waals surface area contributed by atoms with Gasteiger partial charge in [-0.15, -0.1) is 0 Å². The summed E-state index contributed by atoms with van der Waals surface area (Å²) >= 11 is 0. The van der Waals surface area contributed by atoms with E-state index in [0.717, 1.165) is 33.2 Å². The molecule has 0 radical (unpaired) electrons. The Balaban J connectivity index is 1.26. The number of rotatable bonds is 8. The lowest BCUT2D eigenvalue weighted by Crippen LogP contribution is -2.18. The van der Waals surface area contributed by atoms with Gasteiger partial charge in [0.2, 0.25) is 0 Å². The molecule has 0 atom stereocenters. The van der Waals surface area contributed by atoms with Gasteiger partial charge in [0.1, 0.15) is 23.8 Å². The molecule has 0 spiro atoms. The van der Waals surface area contributed by atoms with E-state index in [2.05, 4.69) is 20.7 Å². The summed E-state index contributed by atoms with van der Waals surface area (Å²) in [6.45, 7) is 0.474. The number of hydrazone groups is 1. The van der Waals surface area contributed by atoms with Crippen molar-refractivity contribution < 1.29 is 14.3 Å². The topological polar surface area (TPSA) is 88.6 Å². The maximum Gasteiger partial charge on any atom is 0.289 e. The van der Waals surface area contributed by atoms with Gasteiger partial charge in [-0.05, 0) is 46.2 Å². The van der Waals surface area contributed by atoms with Crippen LogP contribution in [0.3, 0.4) is 0 Å². The fourth-order valence-corrected chi connectivity index (χ4v) is 3.90. The van der Waals surface area contributed by atoms with E-state index in [0.29, 0.717) is 18.1 Å². The van der Waals surface area contributed by atoms with Crippen molar-refractivity contribution >= 4 is 22.9 Å². The quantitative estimate of drug-likeness (QED) is 0.226. The minimum atomic E-state index is -0.402. The van der Waals surface area contributed by atoms with Gasteiger partial charge in [-0.25, -0.2) is 5.43 Å². The van der Waals surface area contributed by atoms with E-state index >= 15 is 0 Å². The predicted molar refractivity (Wildman–Crippen MR) is 140 cm³/mol. The smallest absolute Gasteiger partial charge is 0.289 e. The predicted octanol–water partition coefficient (Wildman–Crippen LogP) is 5.58. The Labute approximate surface area is 208 Å². The lowest BCUT2D eigenvalue weighted by Gasteiger charge is -2.09. The average molecular weight is 477 g/mol. The standard InChI is InChI=1S/C29H24N4O3/c1-35-27-15-14-22-11-5-6-13-24(22)28(27)25-17-26(32-31-25)29(34)33-30-18-21-10-7-12-23(16-21)36-19-20-8-3-2-4-9-20/h2-18H,19H2,1H3,(H,31,32)(H,33,34)/b30-18+. The van der Waals surface area contributed by atoms with E-state index in [1.807, 2.05) is 91.0 Å². The lowest BCUT2D eigenvalue weighted by atomic mass is 10.0. The van der Waals surface area contributed by atoms with Gasteiger partial charge < -0.3 is 9.47 Å². The second-order valence-corrected chi connectivity index (χ2v) is 8.08. The molecule has 1 amide bonds. The Kier molecular flexibility index (Phi) is 6.71. The highest BCUT2D eigenvalue weighted by molar-refractivity contribution is 6.00. The number of nitrogens with zero attached hydrogens (tertiary/aromatic N) is 2.